The van der Waals surface area contributed by atoms with Gasteiger partial charge in [-0.2, -0.15) is 0 Å². The Bertz CT molecular complexity index is 504. The van der Waals surface area contributed by atoms with E-state index >= 15 is 0 Å². The first-order chi connectivity index (χ1) is 11.2. The smallest absolute Gasteiger partial charge is 0.404 e. The summed E-state index contributed by atoms with van der Waals surface area (Å²) in [6, 6.07) is 0. The van der Waals surface area contributed by atoms with Crippen molar-refractivity contribution in [3.05, 3.63) is 0 Å². The molecule has 4 aliphatic rings. The number of halogens is 1. The summed E-state index contributed by atoms with van der Waals surface area (Å²) in [5.74, 6) is 1.41. The van der Waals surface area contributed by atoms with Gasteiger partial charge in [0.05, 0.1) is 24.2 Å². The number of carbonyl (C=O) groups excluding carboxylic acids is 1. The van der Waals surface area contributed by atoms with Gasteiger partial charge in [0.2, 0.25) is 5.91 Å². The highest BCUT2D eigenvalue weighted by molar-refractivity contribution is 6.47. The Balaban J connectivity index is 1.73. The largest absolute Gasteiger partial charge is 0.481 e. The minimum absolute atomic E-state index is 0.0846. The molecular formula is C17H30BClN2O3. The van der Waals surface area contributed by atoms with Gasteiger partial charge in [0.25, 0.3) is 0 Å². The van der Waals surface area contributed by atoms with Gasteiger partial charge in [0.1, 0.15) is 0 Å². The van der Waals surface area contributed by atoms with Gasteiger partial charge < -0.3 is 14.6 Å². The first-order valence-electron chi connectivity index (χ1n) is 9.14. The molecule has 1 amide bonds. The second-order valence-corrected chi connectivity index (χ2v) is 9.22. The molecule has 5 atom stereocenters. The molecule has 0 radical (unpaired) electrons. The maximum Gasteiger partial charge on any atom is 0.481 e. The summed E-state index contributed by atoms with van der Waals surface area (Å²) in [4.78, 5) is 14.4. The van der Waals surface area contributed by atoms with Gasteiger partial charge in [-0.1, -0.05) is 27.7 Å². The van der Waals surface area contributed by atoms with E-state index in [-0.39, 0.29) is 37.2 Å². The molecule has 2 N–H and O–H groups in total. The van der Waals surface area contributed by atoms with Gasteiger partial charge in [-0.05, 0) is 61.1 Å². The molecule has 2 bridgehead atoms. The maximum absolute atomic E-state index is 12.0. The molecule has 0 aromatic rings. The highest BCUT2D eigenvalue weighted by Crippen LogP contribution is 2.65. The summed E-state index contributed by atoms with van der Waals surface area (Å²) in [5.41, 5.74) is 0.0798. The van der Waals surface area contributed by atoms with Crippen molar-refractivity contribution in [3.8, 4) is 0 Å². The van der Waals surface area contributed by atoms with Gasteiger partial charge in [-0.25, -0.2) is 4.84 Å². The topological polar surface area (TPSA) is 59.6 Å². The average molecular weight is 357 g/mol. The Morgan fingerprint density at radius 2 is 2.04 bits per heavy atom. The van der Waals surface area contributed by atoms with Crippen molar-refractivity contribution in [2.24, 2.45) is 23.2 Å². The van der Waals surface area contributed by atoms with Crippen LogP contribution in [0.4, 0.5) is 0 Å². The average Bonchev–Trinajstić information content (AvgIpc) is 2.83. The van der Waals surface area contributed by atoms with Crippen LogP contribution in [0, 0.1) is 23.2 Å². The fourth-order valence-corrected chi connectivity index (χ4v) is 5.26. The fraction of sp³-hybridized carbons (Fsp3) is 0.941. The molecule has 0 spiro atoms. The minimum atomic E-state index is -0.378. The molecular weight excluding hydrogens is 326 g/mol. The first kappa shape index (κ1) is 18.5. The van der Waals surface area contributed by atoms with Crippen LogP contribution in [0.1, 0.15) is 53.9 Å². The summed E-state index contributed by atoms with van der Waals surface area (Å²) in [6.07, 6.45) is 3.24. The van der Waals surface area contributed by atoms with Crippen LogP contribution in [0.3, 0.4) is 0 Å². The zero-order chi connectivity index (χ0) is 17.7. The third kappa shape index (κ3) is 3.00. The van der Waals surface area contributed by atoms with Crippen LogP contribution in [0.2, 0.25) is 0 Å². The third-order valence-electron chi connectivity index (χ3n) is 6.60. The van der Waals surface area contributed by atoms with E-state index in [0.29, 0.717) is 17.3 Å². The van der Waals surface area contributed by atoms with E-state index in [1.165, 1.54) is 6.42 Å². The summed E-state index contributed by atoms with van der Waals surface area (Å²) in [7, 11) is -0.378. The maximum atomic E-state index is 12.0. The lowest BCUT2D eigenvalue weighted by Crippen LogP contribution is -2.65. The molecule has 4 fully saturated rings. The quantitative estimate of drug-likeness (QED) is 0.567. The molecule has 3 aliphatic carbocycles. The van der Waals surface area contributed by atoms with E-state index in [1.807, 2.05) is 0 Å². The van der Waals surface area contributed by atoms with Gasteiger partial charge >= 0.3 is 7.12 Å². The van der Waals surface area contributed by atoms with E-state index in [2.05, 4.69) is 44.8 Å². The normalized spacial score (nSPS) is 37.8. The van der Waals surface area contributed by atoms with Crippen molar-refractivity contribution in [2.75, 3.05) is 6.54 Å². The van der Waals surface area contributed by atoms with Crippen LogP contribution in [-0.4, -0.2) is 37.2 Å². The molecule has 1 aliphatic heterocycles. The number of hydrogen-bond donors (Lipinski definition) is 2. The zero-order valence-corrected chi connectivity index (χ0v) is 16.2. The molecule has 0 aromatic heterocycles. The molecule has 7 heteroatoms. The molecule has 1 unspecified atom stereocenters. The van der Waals surface area contributed by atoms with Crippen molar-refractivity contribution >= 4 is 24.8 Å². The molecule has 1 saturated heterocycles. The van der Waals surface area contributed by atoms with Crippen LogP contribution in [0.15, 0.2) is 0 Å². The molecule has 3 saturated carbocycles. The monoisotopic (exact) mass is 356 g/mol. The zero-order valence-electron chi connectivity index (χ0n) is 15.4. The Morgan fingerprint density at radius 3 is 2.62 bits per heavy atom. The van der Waals surface area contributed by atoms with Crippen LogP contribution in [0.5, 0.6) is 0 Å². The van der Waals surface area contributed by atoms with Crippen LogP contribution in [0.25, 0.3) is 0 Å². The number of hydrogen-bond acceptors (Lipinski definition) is 4. The van der Waals surface area contributed by atoms with Crippen LogP contribution >= 0.6 is 11.8 Å². The van der Waals surface area contributed by atoms with Gasteiger partial charge in [0.15, 0.2) is 0 Å². The molecule has 0 aromatic carbocycles. The van der Waals surface area contributed by atoms with E-state index in [9.17, 15) is 4.79 Å². The second kappa shape index (κ2) is 6.46. The Hall–Kier alpha value is -0.295. The fourth-order valence-electron chi connectivity index (χ4n) is 5.14. The lowest BCUT2D eigenvalue weighted by molar-refractivity contribution is -0.199. The highest BCUT2D eigenvalue weighted by atomic mass is 35.5. The molecule has 4 rings (SSSR count). The number of nitrogens with one attached hydrogen (secondary N) is 2. The lowest BCUT2D eigenvalue weighted by Gasteiger charge is -2.64. The van der Waals surface area contributed by atoms with Gasteiger partial charge in [-0.15, -0.1) is 0 Å². The lowest BCUT2D eigenvalue weighted by atomic mass is 9.43. The Kier molecular flexibility index (Phi) is 4.97. The second-order valence-electron chi connectivity index (χ2n) is 8.95. The first-order valence-corrected chi connectivity index (χ1v) is 9.52. The number of amides is 1. The van der Waals surface area contributed by atoms with Crippen molar-refractivity contribution in [2.45, 2.75) is 71.5 Å². The van der Waals surface area contributed by atoms with E-state index < -0.39 is 0 Å². The SMILES string of the molecule is CC(C)C[C@H](NC(=O)CNCl)B1O[C@@H]2C[C@@H]3CC(C3(C)C)[C@]2(C)O1. The van der Waals surface area contributed by atoms with Gasteiger partial charge in [-0.3, -0.25) is 4.79 Å². The summed E-state index contributed by atoms with van der Waals surface area (Å²) < 4.78 is 12.8. The van der Waals surface area contributed by atoms with Crippen molar-refractivity contribution in [3.63, 3.8) is 0 Å². The number of carbonyl (C=O) groups is 1. The molecule has 24 heavy (non-hydrogen) atoms. The standard InChI is InChI=1S/C17H30BClN2O3/c1-10(2)6-14(21-15(22)9-20-19)18-23-13-8-11-7-12(16(11,3)4)17(13,5)24-18/h10-14,20H,6-9H2,1-5H3,(H,21,22)/t11-,12?,13+,14-,17-/m0/s1. The van der Waals surface area contributed by atoms with E-state index in [0.717, 1.165) is 18.8 Å². The van der Waals surface area contributed by atoms with Crippen LogP contribution < -0.4 is 10.2 Å². The predicted molar refractivity (Wildman–Crippen MR) is 95.4 cm³/mol. The van der Waals surface area contributed by atoms with E-state index in [1.54, 1.807) is 0 Å². The Morgan fingerprint density at radius 1 is 1.33 bits per heavy atom. The van der Waals surface area contributed by atoms with Crippen molar-refractivity contribution in [1.82, 2.24) is 10.2 Å². The summed E-state index contributed by atoms with van der Waals surface area (Å²) in [6.45, 7) is 11.3. The Labute approximate surface area is 150 Å². The van der Waals surface area contributed by atoms with Crippen LogP contribution in [-0.2, 0) is 14.1 Å². The minimum Gasteiger partial charge on any atom is -0.404 e. The molecule has 1 heterocycles. The summed E-state index contributed by atoms with van der Waals surface area (Å²) in [5, 5.41) is 3.03. The summed E-state index contributed by atoms with van der Waals surface area (Å²) >= 11 is 5.45. The third-order valence-corrected chi connectivity index (χ3v) is 6.73. The van der Waals surface area contributed by atoms with Crippen molar-refractivity contribution < 1.29 is 14.1 Å². The number of rotatable bonds is 6. The van der Waals surface area contributed by atoms with Gasteiger partial charge in [0, 0.05) is 0 Å². The van der Waals surface area contributed by atoms with Crippen molar-refractivity contribution in [1.29, 1.82) is 0 Å². The molecule has 136 valence electrons. The predicted octanol–water partition coefficient (Wildman–Crippen LogP) is 2.53. The highest BCUT2D eigenvalue weighted by Gasteiger charge is 2.68. The van der Waals surface area contributed by atoms with E-state index in [4.69, 9.17) is 21.1 Å². The molecule has 5 nitrogen and oxygen atoms in total.